The molecule has 0 saturated heterocycles. The summed E-state index contributed by atoms with van der Waals surface area (Å²) in [5.74, 6) is -0.942. The van der Waals surface area contributed by atoms with Crippen LogP contribution in [0.2, 0.25) is 0 Å². The third-order valence-corrected chi connectivity index (χ3v) is 4.85. The van der Waals surface area contributed by atoms with Gasteiger partial charge in [-0.25, -0.2) is 0 Å². The minimum atomic E-state index is -0.340. The zero-order chi connectivity index (χ0) is 20.8. The van der Waals surface area contributed by atoms with Crippen molar-refractivity contribution in [3.05, 3.63) is 64.2 Å². The van der Waals surface area contributed by atoms with Crippen molar-refractivity contribution in [1.82, 2.24) is 10.2 Å². The van der Waals surface area contributed by atoms with Gasteiger partial charge in [-0.15, -0.1) is 0 Å². The molecule has 0 aliphatic heterocycles. The summed E-state index contributed by atoms with van der Waals surface area (Å²) >= 11 is 0. The standard InChI is InChI=1S/C22H27N3O3/c1-14-9-10-18(11-16(14)3)22(28)23-12-21(27)25(5)13-20(26)24-19-8-6-7-15(2)17(19)4/h6-11H,12-13H2,1-5H3,(H,23,28)(H,24,26). The van der Waals surface area contributed by atoms with Crippen LogP contribution in [0.15, 0.2) is 36.4 Å². The predicted molar refractivity (Wildman–Crippen MR) is 110 cm³/mol. The molecule has 0 fully saturated rings. The Morgan fingerprint density at radius 1 is 0.929 bits per heavy atom. The van der Waals surface area contributed by atoms with Crippen molar-refractivity contribution in [2.24, 2.45) is 0 Å². The lowest BCUT2D eigenvalue weighted by Crippen LogP contribution is -2.41. The number of rotatable bonds is 6. The summed E-state index contributed by atoms with van der Waals surface area (Å²) in [4.78, 5) is 38.0. The first-order chi connectivity index (χ1) is 13.2. The maximum absolute atomic E-state index is 12.2. The fourth-order valence-electron chi connectivity index (χ4n) is 2.66. The van der Waals surface area contributed by atoms with E-state index in [0.29, 0.717) is 5.56 Å². The van der Waals surface area contributed by atoms with Gasteiger partial charge in [-0.05, 0) is 68.1 Å². The maximum atomic E-state index is 12.2. The molecule has 6 nitrogen and oxygen atoms in total. The van der Waals surface area contributed by atoms with Gasteiger partial charge in [0.05, 0.1) is 13.1 Å². The molecule has 0 aliphatic rings. The third kappa shape index (κ3) is 5.42. The summed E-state index contributed by atoms with van der Waals surface area (Å²) in [7, 11) is 1.53. The molecular weight excluding hydrogens is 354 g/mol. The van der Waals surface area contributed by atoms with E-state index in [9.17, 15) is 14.4 Å². The summed E-state index contributed by atoms with van der Waals surface area (Å²) in [5.41, 5.74) is 5.42. The number of aryl methyl sites for hydroxylation is 3. The van der Waals surface area contributed by atoms with Gasteiger partial charge >= 0.3 is 0 Å². The molecule has 0 radical (unpaired) electrons. The summed E-state index contributed by atoms with van der Waals surface area (Å²) in [6, 6.07) is 11.1. The number of nitrogens with one attached hydrogen (secondary N) is 2. The number of hydrogen-bond donors (Lipinski definition) is 2. The molecule has 3 amide bonds. The second kappa shape index (κ2) is 9.17. The number of benzene rings is 2. The van der Waals surface area contributed by atoms with Gasteiger partial charge in [-0.2, -0.15) is 0 Å². The van der Waals surface area contributed by atoms with Crippen LogP contribution in [0, 0.1) is 27.7 Å². The summed E-state index contributed by atoms with van der Waals surface area (Å²) < 4.78 is 0. The highest BCUT2D eigenvalue weighted by Crippen LogP contribution is 2.17. The molecule has 148 valence electrons. The molecule has 6 heteroatoms. The van der Waals surface area contributed by atoms with E-state index >= 15 is 0 Å². The molecule has 28 heavy (non-hydrogen) atoms. The van der Waals surface area contributed by atoms with Crippen LogP contribution in [0.25, 0.3) is 0 Å². The van der Waals surface area contributed by atoms with Gasteiger partial charge in [-0.3, -0.25) is 14.4 Å². The van der Waals surface area contributed by atoms with Gasteiger partial charge in [-0.1, -0.05) is 18.2 Å². The second-order valence-electron chi connectivity index (χ2n) is 7.03. The first-order valence-corrected chi connectivity index (χ1v) is 9.14. The average molecular weight is 381 g/mol. The van der Waals surface area contributed by atoms with E-state index in [1.54, 1.807) is 12.1 Å². The molecule has 0 saturated carbocycles. The van der Waals surface area contributed by atoms with E-state index < -0.39 is 0 Å². The van der Waals surface area contributed by atoms with Crippen molar-refractivity contribution in [3.63, 3.8) is 0 Å². The smallest absolute Gasteiger partial charge is 0.251 e. The normalized spacial score (nSPS) is 10.3. The quantitative estimate of drug-likeness (QED) is 0.808. The summed E-state index contributed by atoms with van der Waals surface area (Å²) in [6.07, 6.45) is 0. The van der Waals surface area contributed by atoms with E-state index in [2.05, 4.69) is 10.6 Å². The van der Waals surface area contributed by atoms with Crippen molar-refractivity contribution in [1.29, 1.82) is 0 Å². The number of likely N-dealkylation sites (N-methyl/N-ethyl adjacent to an activating group) is 1. The molecule has 0 spiro atoms. The van der Waals surface area contributed by atoms with Gasteiger partial charge in [0, 0.05) is 18.3 Å². The van der Waals surface area contributed by atoms with Crippen LogP contribution < -0.4 is 10.6 Å². The average Bonchev–Trinajstić information content (AvgIpc) is 2.65. The largest absolute Gasteiger partial charge is 0.343 e. The highest BCUT2D eigenvalue weighted by atomic mass is 16.2. The predicted octanol–water partition coefficient (Wildman–Crippen LogP) is 2.75. The second-order valence-corrected chi connectivity index (χ2v) is 7.03. The summed E-state index contributed by atoms with van der Waals surface area (Å²) in [5, 5.41) is 5.42. The van der Waals surface area contributed by atoms with E-state index in [1.807, 2.05) is 52.0 Å². The fraction of sp³-hybridized carbons (Fsp3) is 0.318. The number of carbonyl (C=O) groups excluding carboxylic acids is 3. The first kappa shape index (κ1) is 21.2. The molecule has 0 aliphatic carbocycles. The number of carbonyl (C=O) groups is 3. The van der Waals surface area contributed by atoms with Crippen LogP contribution >= 0.6 is 0 Å². The lowest BCUT2D eigenvalue weighted by Gasteiger charge is -2.18. The minimum Gasteiger partial charge on any atom is -0.343 e. The van der Waals surface area contributed by atoms with Gasteiger partial charge in [0.2, 0.25) is 11.8 Å². The Balaban J connectivity index is 1.86. The monoisotopic (exact) mass is 381 g/mol. The molecule has 2 aromatic rings. The highest BCUT2D eigenvalue weighted by Gasteiger charge is 2.15. The van der Waals surface area contributed by atoms with Crippen molar-refractivity contribution in [3.8, 4) is 0 Å². The Labute approximate surface area is 165 Å². The summed E-state index contributed by atoms with van der Waals surface area (Å²) in [6.45, 7) is 7.55. The molecule has 0 bridgehead atoms. The van der Waals surface area contributed by atoms with Crippen molar-refractivity contribution in [2.45, 2.75) is 27.7 Å². The Morgan fingerprint density at radius 2 is 1.64 bits per heavy atom. The van der Waals surface area contributed by atoms with E-state index in [-0.39, 0.29) is 30.8 Å². The van der Waals surface area contributed by atoms with Crippen LogP contribution in [0.3, 0.4) is 0 Å². The van der Waals surface area contributed by atoms with Crippen LogP contribution in [-0.4, -0.2) is 42.8 Å². The Bertz CT molecular complexity index is 906. The van der Waals surface area contributed by atoms with Crippen molar-refractivity contribution < 1.29 is 14.4 Å². The van der Waals surface area contributed by atoms with Crippen LogP contribution in [-0.2, 0) is 9.59 Å². The van der Waals surface area contributed by atoms with Gasteiger partial charge < -0.3 is 15.5 Å². The van der Waals surface area contributed by atoms with Crippen LogP contribution in [0.1, 0.15) is 32.6 Å². The molecule has 0 unspecified atom stereocenters. The minimum absolute atomic E-state index is 0.0915. The third-order valence-electron chi connectivity index (χ3n) is 4.85. The van der Waals surface area contributed by atoms with Gasteiger partial charge in [0.25, 0.3) is 5.91 Å². The lowest BCUT2D eigenvalue weighted by molar-refractivity contribution is -0.132. The number of hydrogen-bond acceptors (Lipinski definition) is 3. The SMILES string of the molecule is Cc1ccc(C(=O)NCC(=O)N(C)CC(=O)Nc2cccc(C)c2C)cc1C. The van der Waals surface area contributed by atoms with Gasteiger partial charge in [0.15, 0.2) is 0 Å². The molecular formula is C22H27N3O3. The van der Waals surface area contributed by atoms with Crippen LogP contribution in [0.5, 0.6) is 0 Å². The molecule has 2 N–H and O–H groups in total. The van der Waals surface area contributed by atoms with Crippen molar-refractivity contribution >= 4 is 23.4 Å². The Morgan fingerprint density at radius 3 is 2.32 bits per heavy atom. The fourth-order valence-corrected chi connectivity index (χ4v) is 2.66. The Kier molecular flexibility index (Phi) is 6.93. The van der Waals surface area contributed by atoms with E-state index in [0.717, 1.165) is 27.9 Å². The highest BCUT2D eigenvalue weighted by molar-refractivity contribution is 5.98. The lowest BCUT2D eigenvalue weighted by atomic mass is 10.1. The Hall–Kier alpha value is -3.15. The number of nitrogens with zero attached hydrogens (tertiary/aromatic N) is 1. The zero-order valence-corrected chi connectivity index (χ0v) is 17.1. The zero-order valence-electron chi connectivity index (χ0n) is 17.1. The van der Waals surface area contributed by atoms with Crippen molar-refractivity contribution in [2.75, 3.05) is 25.5 Å². The maximum Gasteiger partial charge on any atom is 0.251 e. The number of amides is 3. The molecule has 2 aromatic carbocycles. The first-order valence-electron chi connectivity index (χ1n) is 9.14. The number of anilines is 1. The molecule has 2 rings (SSSR count). The molecule has 0 atom stereocenters. The van der Waals surface area contributed by atoms with Gasteiger partial charge in [0.1, 0.15) is 0 Å². The molecule has 0 aromatic heterocycles. The molecule has 0 heterocycles. The topological polar surface area (TPSA) is 78.5 Å². The van der Waals surface area contributed by atoms with E-state index in [4.69, 9.17) is 0 Å². The van der Waals surface area contributed by atoms with E-state index in [1.165, 1.54) is 11.9 Å². The van der Waals surface area contributed by atoms with Crippen LogP contribution in [0.4, 0.5) is 5.69 Å².